The second kappa shape index (κ2) is 11.1. The number of carbonyl (C=O) groups excluding carboxylic acids is 2. The number of benzene rings is 1. The second-order valence-corrected chi connectivity index (χ2v) is 8.93. The number of hydrogen-bond acceptors (Lipinski definition) is 6. The first kappa shape index (κ1) is 23.8. The van der Waals surface area contributed by atoms with Gasteiger partial charge in [-0.05, 0) is 42.8 Å². The molecule has 0 fully saturated rings. The van der Waals surface area contributed by atoms with Crippen molar-refractivity contribution in [2.24, 2.45) is 0 Å². The molecular formula is C20H24ClN3O5S. The van der Waals surface area contributed by atoms with Gasteiger partial charge >= 0.3 is 5.97 Å². The maximum atomic E-state index is 12.9. The average Bonchev–Trinajstić information content (AvgIpc) is 2.72. The van der Waals surface area contributed by atoms with Crippen LogP contribution < -0.4 is 0 Å². The minimum absolute atomic E-state index is 0.00743. The fraction of sp³-hybridized carbons (Fsp3) is 0.350. The largest absolute Gasteiger partial charge is 0.466 e. The monoisotopic (exact) mass is 453 g/mol. The first-order valence-electron chi connectivity index (χ1n) is 9.28. The molecule has 0 saturated carbocycles. The molecule has 0 spiro atoms. The van der Waals surface area contributed by atoms with E-state index in [1.54, 1.807) is 31.5 Å². The summed E-state index contributed by atoms with van der Waals surface area (Å²) < 4.78 is 31.4. The third-order valence-electron chi connectivity index (χ3n) is 4.22. The molecule has 1 amide bonds. The van der Waals surface area contributed by atoms with Gasteiger partial charge in [0.05, 0.1) is 24.5 Å². The van der Waals surface area contributed by atoms with Crippen LogP contribution in [0.5, 0.6) is 0 Å². The number of ether oxygens (including phenoxy) is 1. The molecule has 1 aromatic heterocycles. The van der Waals surface area contributed by atoms with Gasteiger partial charge in [0.25, 0.3) is 0 Å². The maximum Gasteiger partial charge on any atom is 0.307 e. The summed E-state index contributed by atoms with van der Waals surface area (Å²) in [5.41, 5.74) is 0.762. The highest BCUT2D eigenvalue weighted by molar-refractivity contribution is 7.89. The summed E-state index contributed by atoms with van der Waals surface area (Å²) in [4.78, 5) is 30.1. The number of hydrogen-bond donors (Lipinski definition) is 0. The molecule has 8 nitrogen and oxygen atoms in total. The van der Waals surface area contributed by atoms with Crippen molar-refractivity contribution < 1.29 is 22.7 Å². The lowest BCUT2D eigenvalue weighted by atomic mass is 10.2. The van der Waals surface area contributed by atoms with Gasteiger partial charge in [0.15, 0.2) is 0 Å². The highest BCUT2D eigenvalue weighted by Gasteiger charge is 2.25. The van der Waals surface area contributed by atoms with Gasteiger partial charge in [-0.2, -0.15) is 4.31 Å². The molecule has 0 saturated heterocycles. The van der Waals surface area contributed by atoms with E-state index in [1.165, 1.54) is 36.2 Å². The lowest BCUT2D eigenvalue weighted by Crippen LogP contribution is -2.41. The number of pyridine rings is 1. The summed E-state index contributed by atoms with van der Waals surface area (Å²) >= 11 is 5.81. The quantitative estimate of drug-likeness (QED) is 0.512. The zero-order valence-electron chi connectivity index (χ0n) is 16.8. The normalized spacial score (nSPS) is 11.3. The molecular weight excluding hydrogens is 430 g/mol. The molecule has 30 heavy (non-hydrogen) atoms. The van der Waals surface area contributed by atoms with E-state index in [-0.39, 0.29) is 37.6 Å². The van der Waals surface area contributed by atoms with Gasteiger partial charge < -0.3 is 9.64 Å². The number of nitrogens with zero attached hydrogens (tertiary/aromatic N) is 3. The average molecular weight is 454 g/mol. The Balaban J connectivity index is 2.13. The summed E-state index contributed by atoms with van der Waals surface area (Å²) in [6.45, 7) is 1.86. The summed E-state index contributed by atoms with van der Waals surface area (Å²) in [5, 5.41) is 0.411. The highest BCUT2D eigenvalue weighted by Crippen LogP contribution is 2.18. The van der Waals surface area contributed by atoms with Crippen LogP contribution in [0.4, 0.5) is 0 Å². The predicted octanol–water partition coefficient (Wildman–Crippen LogP) is 2.34. The zero-order chi connectivity index (χ0) is 22.1. The van der Waals surface area contributed by atoms with Crippen molar-refractivity contribution in [2.45, 2.75) is 24.8 Å². The van der Waals surface area contributed by atoms with Crippen molar-refractivity contribution in [2.75, 3.05) is 26.7 Å². The molecule has 0 atom stereocenters. The molecule has 2 rings (SSSR count). The number of sulfonamides is 1. The van der Waals surface area contributed by atoms with Crippen LogP contribution in [0.25, 0.3) is 0 Å². The maximum absolute atomic E-state index is 12.9. The Hall–Kier alpha value is -2.49. The van der Waals surface area contributed by atoms with Crippen LogP contribution in [-0.4, -0.2) is 61.2 Å². The van der Waals surface area contributed by atoms with E-state index in [1.807, 2.05) is 0 Å². The Labute approximate surface area is 181 Å². The lowest BCUT2D eigenvalue weighted by Gasteiger charge is -2.25. The highest BCUT2D eigenvalue weighted by atomic mass is 35.5. The summed E-state index contributed by atoms with van der Waals surface area (Å²) in [6, 6.07) is 9.24. The first-order chi connectivity index (χ1) is 14.2. The van der Waals surface area contributed by atoms with Crippen LogP contribution >= 0.6 is 11.6 Å². The Morgan fingerprint density at radius 2 is 1.87 bits per heavy atom. The fourth-order valence-electron chi connectivity index (χ4n) is 2.63. The topological polar surface area (TPSA) is 96.9 Å². The third kappa shape index (κ3) is 6.79. The molecule has 10 heteroatoms. The Morgan fingerprint density at radius 1 is 1.17 bits per heavy atom. The molecule has 0 aliphatic carbocycles. The SMILES string of the molecule is CCOC(=O)CCN(Cc1cccnc1)C(=O)CN(C)S(=O)(=O)c1ccc(Cl)cc1. The van der Waals surface area contributed by atoms with Gasteiger partial charge in [0.1, 0.15) is 0 Å². The molecule has 0 aliphatic heterocycles. The molecule has 0 N–H and O–H groups in total. The van der Waals surface area contributed by atoms with Crippen molar-refractivity contribution in [3.8, 4) is 0 Å². The van der Waals surface area contributed by atoms with E-state index in [0.29, 0.717) is 5.02 Å². The van der Waals surface area contributed by atoms with Crippen LogP contribution in [0.2, 0.25) is 5.02 Å². The summed E-state index contributed by atoms with van der Waals surface area (Å²) in [6.07, 6.45) is 3.23. The van der Waals surface area contributed by atoms with Crippen molar-refractivity contribution in [3.63, 3.8) is 0 Å². The standard InChI is InChI=1S/C20H24ClN3O5S/c1-3-29-20(26)10-12-24(14-16-5-4-11-22-13-16)19(25)15-23(2)30(27,28)18-8-6-17(21)7-9-18/h4-9,11,13H,3,10,12,14-15H2,1-2H3. The summed E-state index contributed by atoms with van der Waals surface area (Å²) in [7, 11) is -2.55. The van der Waals surface area contributed by atoms with E-state index >= 15 is 0 Å². The number of carbonyl (C=O) groups is 2. The van der Waals surface area contributed by atoms with Gasteiger partial charge in [0.2, 0.25) is 15.9 Å². The summed E-state index contributed by atoms with van der Waals surface area (Å²) in [5.74, 6) is -0.869. The Morgan fingerprint density at radius 3 is 2.47 bits per heavy atom. The van der Waals surface area contributed by atoms with E-state index in [9.17, 15) is 18.0 Å². The Bertz CT molecular complexity index is 952. The molecule has 0 radical (unpaired) electrons. The van der Waals surface area contributed by atoms with Gasteiger partial charge in [-0.3, -0.25) is 14.6 Å². The minimum atomic E-state index is -3.87. The molecule has 1 aromatic carbocycles. The van der Waals surface area contributed by atoms with Crippen LogP contribution in [0, 0.1) is 0 Å². The predicted molar refractivity (Wildman–Crippen MR) is 112 cm³/mol. The van der Waals surface area contributed by atoms with E-state index < -0.39 is 21.9 Å². The van der Waals surface area contributed by atoms with Gasteiger partial charge in [0, 0.05) is 37.6 Å². The zero-order valence-corrected chi connectivity index (χ0v) is 18.4. The third-order valence-corrected chi connectivity index (χ3v) is 6.29. The fourth-order valence-corrected chi connectivity index (χ4v) is 3.87. The van der Waals surface area contributed by atoms with Gasteiger partial charge in [-0.25, -0.2) is 8.42 Å². The molecule has 0 aliphatic rings. The number of esters is 1. The van der Waals surface area contributed by atoms with Crippen LogP contribution in [0.3, 0.4) is 0 Å². The number of amides is 1. The number of halogens is 1. The van der Waals surface area contributed by atoms with Crippen molar-refractivity contribution >= 4 is 33.5 Å². The van der Waals surface area contributed by atoms with E-state index in [4.69, 9.17) is 16.3 Å². The number of rotatable bonds is 10. The molecule has 2 aromatic rings. The number of likely N-dealkylation sites (N-methyl/N-ethyl adjacent to an activating group) is 1. The molecule has 0 unspecified atom stereocenters. The van der Waals surface area contributed by atoms with Gasteiger partial charge in [-0.1, -0.05) is 17.7 Å². The second-order valence-electron chi connectivity index (χ2n) is 6.45. The molecule has 162 valence electrons. The molecule has 1 heterocycles. The van der Waals surface area contributed by atoms with Crippen LogP contribution in [0.1, 0.15) is 18.9 Å². The smallest absolute Gasteiger partial charge is 0.307 e. The first-order valence-corrected chi connectivity index (χ1v) is 11.1. The molecule has 0 bridgehead atoms. The van der Waals surface area contributed by atoms with Crippen molar-refractivity contribution in [1.29, 1.82) is 0 Å². The van der Waals surface area contributed by atoms with E-state index in [2.05, 4.69) is 4.98 Å². The lowest BCUT2D eigenvalue weighted by molar-refractivity contribution is -0.144. The van der Waals surface area contributed by atoms with Crippen LogP contribution in [0.15, 0.2) is 53.7 Å². The van der Waals surface area contributed by atoms with Crippen LogP contribution in [-0.2, 0) is 30.9 Å². The van der Waals surface area contributed by atoms with Gasteiger partial charge in [-0.15, -0.1) is 0 Å². The van der Waals surface area contributed by atoms with Crippen molar-refractivity contribution in [3.05, 3.63) is 59.4 Å². The Kier molecular flexibility index (Phi) is 8.76. The minimum Gasteiger partial charge on any atom is -0.466 e. The number of aromatic nitrogens is 1. The van der Waals surface area contributed by atoms with E-state index in [0.717, 1.165) is 9.87 Å². The van der Waals surface area contributed by atoms with Crippen molar-refractivity contribution in [1.82, 2.24) is 14.2 Å².